The van der Waals surface area contributed by atoms with E-state index in [4.69, 9.17) is 4.52 Å². The summed E-state index contributed by atoms with van der Waals surface area (Å²) in [6.07, 6.45) is 0.272. The van der Waals surface area contributed by atoms with Gasteiger partial charge in [0, 0.05) is 24.2 Å². The second-order valence-corrected chi connectivity index (χ2v) is 10.7. The van der Waals surface area contributed by atoms with Crippen molar-refractivity contribution >= 4 is 29.9 Å². The number of carbonyl (C=O) groups excluding carboxylic acids is 2. The Morgan fingerprint density at radius 1 is 1.39 bits per heavy atom. The average Bonchev–Trinajstić information content (AvgIpc) is 3.64. The fourth-order valence-corrected chi connectivity index (χ4v) is 5.13. The Balaban J connectivity index is 1.40. The van der Waals surface area contributed by atoms with Crippen molar-refractivity contribution in [2.24, 2.45) is 0 Å². The third kappa shape index (κ3) is 6.51. The molecule has 0 radical (unpaired) electrons. The van der Waals surface area contributed by atoms with Gasteiger partial charge in [-0.1, -0.05) is 11.2 Å². The quantitative estimate of drug-likeness (QED) is 0.213. The van der Waals surface area contributed by atoms with Gasteiger partial charge in [0.2, 0.25) is 5.89 Å². The highest BCUT2D eigenvalue weighted by molar-refractivity contribution is 8.03. The number of alkyl halides is 3. The van der Waals surface area contributed by atoms with E-state index in [2.05, 4.69) is 36.4 Å². The number of dihydropyridines is 1. The number of anilines is 1. The largest absolute Gasteiger partial charge is 0.412 e. The van der Waals surface area contributed by atoms with Gasteiger partial charge in [-0.15, -0.1) is 11.8 Å². The maximum atomic E-state index is 13.1. The lowest BCUT2D eigenvalue weighted by atomic mass is 10.0. The van der Waals surface area contributed by atoms with Crippen molar-refractivity contribution in [3.05, 3.63) is 58.4 Å². The number of aldehydes is 1. The summed E-state index contributed by atoms with van der Waals surface area (Å²) < 4.78 is 45.8. The van der Waals surface area contributed by atoms with Crippen LogP contribution < -0.4 is 26.2 Å². The van der Waals surface area contributed by atoms with Gasteiger partial charge in [0.1, 0.15) is 22.9 Å². The normalized spacial score (nSPS) is 21.0. The number of aliphatic hydroxyl groups is 1. The number of nitrogens with one attached hydrogen (secondary N) is 4. The molecule has 3 unspecified atom stereocenters. The Morgan fingerprint density at radius 3 is 2.73 bits per heavy atom. The highest BCUT2D eigenvalue weighted by atomic mass is 32.2. The molecule has 2 aromatic rings. The summed E-state index contributed by atoms with van der Waals surface area (Å²) in [6.45, 7) is 6.18. The molecule has 4 atom stereocenters. The molecule has 0 fully saturated rings. The summed E-state index contributed by atoms with van der Waals surface area (Å²) in [6, 6.07) is -3.08. The van der Waals surface area contributed by atoms with Gasteiger partial charge in [0.05, 0.1) is 18.9 Å². The Bertz CT molecular complexity index is 1400. The summed E-state index contributed by atoms with van der Waals surface area (Å²) >= 11 is 1.32. The Labute approximate surface area is 237 Å². The lowest BCUT2D eigenvalue weighted by molar-refractivity contribution is -0.144. The van der Waals surface area contributed by atoms with E-state index in [1.54, 1.807) is 19.3 Å². The predicted octanol–water partition coefficient (Wildman–Crippen LogP) is 2.42. The Morgan fingerprint density at radius 2 is 2.12 bits per heavy atom. The molecule has 41 heavy (non-hydrogen) atoms. The summed E-state index contributed by atoms with van der Waals surface area (Å²) in [5, 5.41) is 27.4. The number of nitrogens with zero attached hydrogens (tertiary/aromatic N) is 5. The summed E-state index contributed by atoms with van der Waals surface area (Å²) in [4.78, 5) is 34.1. The number of aromatic nitrogens is 4. The molecule has 2 aromatic heterocycles. The van der Waals surface area contributed by atoms with Gasteiger partial charge in [-0.2, -0.15) is 18.2 Å². The van der Waals surface area contributed by atoms with Crippen molar-refractivity contribution in [1.29, 1.82) is 0 Å². The van der Waals surface area contributed by atoms with Crippen LogP contribution in [0.3, 0.4) is 0 Å². The van der Waals surface area contributed by atoms with E-state index in [-0.39, 0.29) is 29.5 Å². The number of urea groups is 1. The van der Waals surface area contributed by atoms with E-state index < -0.39 is 35.4 Å². The lowest BCUT2D eigenvalue weighted by Gasteiger charge is -2.34. The summed E-state index contributed by atoms with van der Waals surface area (Å²) in [7, 11) is 1.43. The monoisotopic (exact) mass is 597 g/mol. The summed E-state index contributed by atoms with van der Waals surface area (Å²) in [5.41, 5.74) is -0.843. The highest BCUT2D eigenvalue weighted by Crippen LogP contribution is 2.34. The van der Waals surface area contributed by atoms with Crippen molar-refractivity contribution < 1.29 is 32.4 Å². The first-order chi connectivity index (χ1) is 19.2. The van der Waals surface area contributed by atoms with E-state index >= 15 is 0 Å². The van der Waals surface area contributed by atoms with Gasteiger partial charge in [-0.3, -0.25) is 9.69 Å². The number of hydrogen-bond donors (Lipinski definition) is 5. The van der Waals surface area contributed by atoms with Crippen LogP contribution in [-0.2, 0) is 6.54 Å². The van der Waals surface area contributed by atoms with E-state index in [1.165, 1.54) is 55.8 Å². The third-order valence-electron chi connectivity index (χ3n) is 6.63. The Kier molecular flexibility index (Phi) is 8.39. The molecule has 0 aliphatic carbocycles. The molecule has 0 saturated carbocycles. The zero-order valence-corrected chi connectivity index (χ0v) is 23.6. The van der Waals surface area contributed by atoms with Crippen LogP contribution in [0.5, 0.6) is 0 Å². The summed E-state index contributed by atoms with van der Waals surface area (Å²) in [5.74, 6) is 1.13. The molecule has 0 aromatic carbocycles. The maximum Gasteiger partial charge on any atom is 0.412 e. The molecule has 2 aliphatic heterocycles. The van der Waals surface area contributed by atoms with Crippen molar-refractivity contribution in [1.82, 2.24) is 41.0 Å². The molecule has 13 nitrogen and oxygen atoms in total. The molecule has 5 N–H and O–H groups in total. The van der Waals surface area contributed by atoms with Crippen molar-refractivity contribution in [2.45, 2.75) is 63.6 Å². The topological polar surface area (TPSA) is 162 Å². The van der Waals surface area contributed by atoms with Gasteiger partial charge in [0.15, 0.2) is 23.7 Å². The number of thioether (sulfide) groups is 1. The van der Waals surface area contributed by atoms with Crippen LogP contribution in [0.4, 0.5) is 23.8 Å². The molecule has 17 heteroatoms. The minimum Gasteiger partial charge on any atom is -0.376 e. The van der Waals surface area contributed by atoms with Gasteiger partial charge in [-0.25, -0.2) is 9.78 Å². The average molecular weight is 598 g/mol. The minimum absolute atomic E-state index is 0.0253. The van der Waals surface area contributed by atoms with Crippen LogP contribution in [0.2, 0.25) is 0 Å². The molecule has 222 valence electrons. The van der Waals surface area contributed by atoms with Crippen molar-refractivity contribution in [3.63, 3.8) is 0 Å². The number of rotatable bonds is 9. The predicted molar refractivity (Wildman–Crippen MR) is 143 cm³/mol. The molecule has 0 saturated heterocycles. The minimum atomic E-state index is -4.40. The fourth-order valence-electron chi connectivity index (χ4n) is 4.24. The first-order valence-corrected chi connectivity index (χ1v) is 13.3. The van der Waals surface area contributed by atoms with Crippen molar-refractivity contribution in [3.8, 4) is 0 Å². The van der Waals surface area contributed by atoms with Crippen LogP contribution in [0.25, 0.3) is 0 Å². The number of imidazole rings is 1. The number of halogens is 3. The second-order valence-electron chi connectivity index (χ2n) is 9.75. The molecule has 2 amide bonds. The molecule has 4 heterocycles. The van der Waals surface area contributed by atoms with Crippen LogP contribution >= 0.6 is 11.8 Å². The van der Waals surface area contributed by atoms with Crippen LogP contribution in [0.15, 0.2) is 45.5 Å². The standard InChI is InChI=1S/C24H30F3N9O4S/c1-12-6-15(7-28-19(12)24(25,26)27)21-32-17(10-41-21)33-23(4,39)13(2)36-11-30-20(16(36)9-37)35(5)22(38)29-8-18-31-14(3)34-40-18/h6-7,9-11,13,19,21,28,32-33,39H,8H2,1-5H3,(H,29,38)/t13-,19?,21?,23?/m0/s1. The van der Waals surface area contributed by atoms with Gasteiger partial charge in [-0.05, 0) is 33.3 Å². The molecule has 0 spiro atoms. The van der Waals surface area contributed by atoms with E-state index in [0.29, 0.717) is 23.5 Å². The number of amides is 2. The molecule has 4 rings (SSSR count). The van der Waals surface area contributed by atoms with Gasteiger partial charge < -0.3 is 35.5 Å². The highest BCUT2D eigenvalue weighted by Gasteiger charge is 2.42. The van der Waals surface area contributed by atoms with Crippen LogP contribution in [-0.4, -0.2) is 67.5 Å². The maximum absolute atomic E-state index is 13.1. The first-order valence-electron chi connectivity index (χ1n) is 12.4. The molecule has 2 aliphatic rings. The molecule has 0 bridgehead atoms. The smallest absolute Gasteiger partial charge is 0.376 e. The van der Waals surface area contributed by atoms with E-state index in [1.807, 2.05) is 0 Å². The van der Waals surface area contributed by atoms with E-state index in [0.717, 1.165) is 4.90 Å². The molecular weight excluding hydrogens is 567 g/mol. The van der Waals surface area contributed by atoms with Crippen molar-refractivity contribution in [2.75, 3.05) is 11.9 Å². The zero-order valence-electron chi connectivity index (χ0n) is 22.8. The third-order valence-corrected chi connectivity index (χ3v) is 7.66. The molecular formula is C24H30F3N9O4S. The Hall–Kier alpha value is -3.99. The first kappa shape index (κ1) is 30.0. The number of carbonyl (C=O) groups is 2. The second kappa shape index (κ2) is 11.5. The van der Waals surface area contributed by atoms with Crippen LogP contribution in [0, 0.1) is 6.92 Å². The zero-order chi connectivity index (χ0) is 30.1. The van der Waals surface area contributed by atoms with Crippen LogP contribution in [0.1, 0.15) is 49.0 Å². The van der Waals surface area contributed by atoms with Gasteiger partial charge >= 0.3 is 12.2 Å². The van der Waals surface area contributed by atoms with E-state index in [9.17, 15) is 27.9 Å². The lowest BCUT2D eigenvalue weighted by Crippen LogP contribution is -2.50. The number of hydrogen-bond acceptors (Lipinski definition) is 11. The number of aryl methyl sites for hydroxylation is 1. The van der Waals surface area contributed by atoms with Gasteiger partial charge in [0.25, 0.3) is 0 Å². The SMILES string of the molecule is CC1=CC(C2NC(NC(C)(O)[C@H](C)n3cnc(N(C)C(=O)NCc4nc(C)no4)c3C=O)=CS2)=CNC1C(F)(F)F. The fraction of sp³-hybridized carbons (Fsp3) is 0.458.